The highest BCUT2D eigenvalue weighted by molar-refractivity contribution is 6.51. The third kappa shape index (κ3) is 4.23. The van der Waals surface area contributed by atoms with Crippen LogP contribution in [0.2, 0.25) is 0 Å². The number of carbonyl (C=O) groups is 3. The Morgan fingerprint density at radius 3 is 2.45 bits per heavy atom. The highest BCUT2D eigenvalue weighted by atomic mass is 16.5. The van der Waals surface area contributed by atoms with Gasteiger partial charge in [-0.1, -0.05) is 24.3 Å². The van der Waals surface area contributed by atoms with Crippen molar-refractivity contribution in [3.63, 3.8) is 0 Å². The summed E-state index contributed by atoms with van der Waals surface area (Å²) in [4.78, 5) is 38.3. The molecule has 1 unspecified atom stereocenters. The number of carboxylic acids is 1. The number of aliphatic hydroxyl groups is 1. The molecule has 8 nitrogen and oxygen atoms in total. The van der Waals surface area contributed by atoms with Gasteiger partial charge in [0, 0.05) is 11.3 Å². The van der Waals surface area contributed by atoms with Gasteiger partial charge in [0.2, 0.25) is 0 Å². The SMILES string of the molecule is CCOc1cccc(/C(O)=C2/C(=O)C(=O)N(c3ccc(CC(=O)O)cc3)C2c2ccco2)c1. The maximum Gasteiger partial charge on any atom is 0.307 e. The van der Waals surface area contributed by atoms with Crippen LogP contribution in [0.25, 0.3) is 5.76 Å². The van der Waals surface area contributed by atoms with Crippen molar-refractivity contribution in [2.75, 3.05) is 11.5 Å². The molecule has 1 saturated heterocycles. The lowest BCUT2D eigenvalue weighted by Crippen LogP contribution is -2.29. The van der Waals surface area contributed by atoms with Crippen LogP contribution in [0.5, 0.6) is 5.75 Å². The van der Waals surface area contributed by atoms with E-state index in [-0.39, 0.29) is 17.8 Å². The second-order valence-corrected chi connectivity index (χ2v) is 7.38. The molecule has 0 saturated carbocycles. The van der Waals surface area contributed by atoms with Crippen molar-refractivity contribution in [3.05, 3.63) is 89.4 Å². The van der Waals surface area contributed by atoms with Gasteiger partial charge in [-0.2, -0.15) is 0 Å². The standard InChI is InChI=1S/C25H21NO7/c1-2-32-18-6-3-5-16(14-18)23(29)21-22(19-7-4-12-33-19)26(25(31)24(21)30)17-10-8-15(9-11-17)13-20(27)28/h3-12,14,22,29H,2,13H2,1H3,(H,27,28)/b23-21-. The Bertz CT molecular complexity index is 1230. The van der Waals surface area contributed by atoms with Crippen LogP contribution < -0.4 is 9.64 Å². The molecule has 0 radical (unpaired) electrons. The lowest BCUT2D eigenvalue weighted by molar-refractivity contribution is -0.136. The molecule has 1 amide bonds. The number of anilines is 1. The molecule has 33 heavy (non-hydrogen) atoms. The monoisotopic (exact) mass is 447 g/mol. The molecule has 168 valence electrons. The number of hydrogen-bond acceptors (Lipinski definition) is 6. The third-order valence-electron chi connectivity index (χ3n) is 5.25. The Morgan fingerprint density at radius 2 is 1.82 bits per heavy atom. The molecule has 2 N–H and O–H groups in total. The quantitative estimate of drug-likeness (QED) is 0.320. The van der Waals surface area contributed by atoms with Crippen molar-refractivity contribution in [2.45, 2.75) is 19.4 Å². The molecule has 3 aromatic rings. The first-order valence-corrected chi connectivity index (χ1v) is 10.3. The zero-order chi connectivity index (χ0) is 23.5. The minimum atomic E-state index is -0.999. The summed E-state index contributed by atoms with van der Waals surface area (Å²) in [6.07, 6.45) is 1.25. The molecular weight excluding hydrogens is 426 g/mol. The fourth-order valence-corrected chi connectivity index (χ4v) is 3.82. The number of aliphatic carboxylic acids is 1. The zero-order valence-electron chi connectivity index (χ0n) is 17.7. The van der Waals surface area contributed by atoms with Crippen LogP contribution in [-0.2, 0) is 20.8 Å². The van der Waals surface area contributed by atoms with E-state index in [2.05, 4.69) is 0 Å². The Labute approximate surface area is 189 Å². The topological polar surface area (TPSA) is 117 Å². The van der Waals surface area contributed by atoms with Crippen molar-refractivity contribution < 1.29 is 33.8 Å². The van der Waals surface area contributed by atoms with Gasteiger partial charge in [-0.15, -0.1) is 0 Å². The molecule has 1 fully saturated rings. The Kier molecular flexibility index (Phi) is 5.99. The average molecular weight is 447 g/mol. The lowest BCUT2D eigenvalue weighted by atomic mass is 9.99. The van der Waals surface area contributed by atoms with Crippen molar-refractivity contribution in [1.29, 1.82) is 0 Å². The van der Waals surface area contributed by atoms with Crippen molar-refractivity contribution in [2.24, 2.45) is 0 Å². The van der Waals surface area contributed by atoms with E-state index in [4.69, 9.17) is 14.3 Å². The van der Waals surface area contributed by atoms with Gasteiger partial charge in [0.25, 0.3) is 11.7 Å². The van der Waals surface area contributed by atoms with E-state index in [0.717, 1.165) is 0 Å². The fraction of sp³-hybridized carbons (Fsp3) is 0.160. The molecule has 1 aromatic heterocycles. The van der Waals surface area contributed by atoms with E-state index in [9.17, 15) is 19.5 Å². The van der Waals surface area contributed by atoms with Gasteiger partial charge in [0.15, 0.2) is 0 Å². The van der Waals surface area contributed by atoms with E-state index in [1.54, 1.807) is 60.7 Å². The highest BCUT2D eigenvalue weighted by Crippen LogP contribution is 2.42. The molecule has 2 aromatic carbocycles. The second-order valence-electron chi connectivity index (χ2n) is 7.38. The van der Waals surface area contributed by atoms with E-state index >= 15 is 0 Å². The van der Waals surface area contributed by atoms with Crippen LogP contribution in [0.15, 0.2) is 76.9 Å². The predicted molar refractivity (Wildman–Crippen MR) is 119 cm³/mol. The summed E-state index contributed by atoms with van der Waals surface area (Å²) in [5.74, 6) is -2.20. The summed E-state index contributed by atoms with van der Waals surface area (Å²) in [7, 11) is 0. The molecule has 1 aliphatic heterocycles. The minimum Gasteiger partial charge on any atom is -0.507 e. The number of benzene rings is 2. The first kappa shape index (κ1) is 21.9. The second kappa shape index (κ2) is 9.04. The highest BCUT2D eigenvalue weighted by Gasteiger charge is 2.48. The Balaban J connectivity index is 1.82. The van der Waals surface area contributed by atoms with Gasteiger partial charge in [0.1, 0.15) is 23.3 Å². The maximum atomic E-state index is 13.1. The minimum absolute atomic E-state index is 0.113. The van der Waals surface area contributed by atoms with Crippen LogP contribution in [0.3, 0.4) is 0 Å². The smallest absolute Gasteiger partial charge is 0.307 e. The number of rotatable bonds is 7. The average Bonchev–Trinajstić information content (AvgIpc) is 3.41. The summed E-state index contributed by atoms with van der Waals surface area (Å²) >= 11 is 0. The Morgan fingerprint density at radius 1 is 1.06 bits per heavy atom. The molecule has 8 heteroatoms. The fourth-order valence-electron chi connectivity index (χ4n) is 3.82. The number of carboxylic acid groups (broad SMARTS) is 1. The van der Waals surface area contributed by atoms with Gasteiger partial charge in [-0.3, -0.25) is 19.3 Å². The number of furan rings is 1. The summed E-state index contributed by atoms with van der Waals surface area (Å²) in [5.41, 5.74) is 1.13. The van der Waals surface area contributed by atoms with Gasteiger partial charge in [-0.05, 0) is 48.9 Å². The molecule has 0 aliphatic carbocycles. The van der Waals surface area contributed by atoms with Crippen LogP contribution in [0, 0.1) is 0 Å². The van der Waals surface area contributed by atoms with E-state index in [1.165, 1.54) is 11.2 Å². The van der Waals surface area contributed by atoms with E-state index < -0.39 is 23.7 Å². The molecule has 4 rings (SSSR count). The number of ketones is 1. The molecule has 1 atom stereocenters. The zero-order valence-corrected chi connectivity index (χ0v) is 17.7. The van der Waals surface area contributed by atoms with Crippen LogP contribution in [-0.4, -0.2) is 34.5 Å². The Hall–Kier alpha value is -4.33. The number of nitrogens with zero attached hydrogens (tertiary/aromatic N) is 1. The first-order chi connectivity index (χ1) is 15.9. The number of carbonyl (C=O) groups excluding carboxylic acids is 2. The van der Waals surface area contributed by atoms with Crippen molar-refractivity contribution >= 4 is 29.1 Å². The van der Waals surface area contributed by atoms with Crippen molar-refractivity contribution in [1.82, 2.24) is 0 Å². The van der Waals surface area contributed by atoms with Crippen LogP contribution >= 0.6 is 0 Å². The third-order valence-corrected chi connectivity index (χ3v) is 5.25. The number of aliphatic hydroxyl groups excluding tert-OH is 1. The number of Topliss-reactive ketones (excluding diaryl/α,β-unsaturated/α-hetero) is 1. The first-order valence-electron chi connectivity index (χ1n) is 10.3. The summed E-state index contributed by atoms with van der Waals surface area (Å²) in [5, 5.41) is 20.1. The largest absolute Gasteiger partial charge is 0.507 e. The van der Waals surface area contributed by atoms with Crippen LogP contribution in [0.1, 0.15) is 29.9 Å². The van der Waals surface area contributed by atoms with Crippen LogP contribution in [0.4, 0.5) is 5.69 Å². The lowest BCUT2D eigenvalue weighted by Gasteiger charge is -2.23. The van der Waals surface area contributed by atoms with Gasteiger partial charge < -0.3 is 19.4 Å². The summed E-state index contributed by atoms with van der Waals surface area (Å²) in [6, 6.07) is 15.1. The van der Waals surface area contributed by atoms with Gasteiger partial charge >= 0.3 is 5.97 Å². The van der Waals surface area contributed by atoms with Gasteiger partial charge in [-0.25, -0.2) is 0 Å². The molecule has 0 bridgehead atoms. The number of hydrogen-bond donors (Lipinski definition) is 2. The summed E-state index contributed by atoms with van der Waals surface area (Å²) in [6.45, 7) is 2.26. The van der Waals surface area contributed by atoms with Crippen molar-refractivity contribution in [3.8, 4) is 5.75 Å². The van der Waals surface area contributed by atoms with Gasteiger partial charge in [0.05, 0.1) is 24.9 Å². The maximum absolute atomic E-state index is 13.1. The molecular formula is C25H21NO7. The number of ether oxygens (including phenoxy) is 1. The molecule has 2 heterocycles. The van der Waals surface area contributed by atoms with E-state index in [1.807, 2.05) is 6.92 Å². The molecule has 1 aliphatic rings. The summed E-state index contributed by atoms with van der Waals surface area (Å²) < 4.78 is 11.0. The number of amides is 1. The van der Waals surface area contributed by atoms with E-state index in [0.29, 0.717) is 34.9 Å². The molecule has 0 spiro atoms. The predicted octanol–water partition coefficient (Wildman–Crippen LogP) is 3.93. The normalized spacial score (nSPS) is 17.4.